The highest BCUT2D eigenvalue weighted by molar-refractivity contribution is 5.93. The molecule has 0 bridgehead atoms. The molecule has 1 N–H and O–H groups in total. The highest BCUT2D eigenvalue weighted by Crippen LogP contribution is 2.13. The molecule has 2 aromatic rings. The van der Waals surface area contributed by atoms with E-state index in [0.717, 1.165) is 0 Å². The van der Waals surface area contributed by atoms with Crippen LogP contribution >= 0.6 is 0 Å². The molecule has 8 nitrogen and oxygen atoms in total. The van der Waals surface area contributed by atoms with Crippen LogP contribution in [0, 0.1) is 12.7 Å². The second-order valence-electron chi connectivity index (χ2n) is 6.60. The molecular weight excluding hydrogens is 367 g/mol. The monoisotopic (exact) mass is 390 g/mol. The highest BCUT2D eigenvalue weighted by atomic mass is 19.1. The van der Waals surface area contributed by atoms with Gasteiger partial charge in [0, 0.05) is 32.6 Å². The molecule has 2 amide bonds. The number of nitrogens with one attached hydrogen (secondary N) is 1. The van der Waals surface area contributed by atoms with Crippen LogP contribution < -0.4 is 10.1 Å². The molecule has 150 valence electrons. The maximum Gasteiger partial charge on any atom is 0.275 e. The zero-order valence-corrected chi connectivity index (χ0v) is 15.9. The third kappa shape index (κ3) is 4.86. The first-order valence-corrected chi connectivity index (χ1v) is 9.02. The van der Waals surface area contributed by atoms with Gasteiger partial charge < -0.3 is 19.4 Å². The number of carbonyl (C=O) groups excluding carboxylic acids is 2. The molecule has 28 heavy (non-hydrogen) atoms. The lowest BCUT2D eigenvalue weighted by Crippen LogP contribution is -2.59. The Bertz CT molecular complexity index is 841. The lowest BCUT2D eigenvalue weighted by Gasteiger charge is -2.38. The number of hydrogen-bond acceptors (Lipinski definition) is 6. The summed E-state index contributed by atoms with van der Waals surface area (Å²) < 4.78 is 23.6. The highest BCUT2D eigenvalue weighted by Gasteiger charge is 2.33. The van der Waals surface area contributed by atoms with E-state index in [-0.39, 0.29) is 43.0 Å². The molecule has 1 aromatic heterocycles. The largest absolute Gasteiger partial charge is 0.492 e. The number of amides is 2. The van der Waals surface area contributed by atoms with Crippen LogP contribution in [-0.2, 0) is 4.79 Å². The van der Waals surface area contributed by atoms with E-state index in [0.29, 0.717) is 24.7 Å². The molecule has 0 aliphatic carbocycles. The van der Waals surface area contributed by atoms with Gasteiger partial charge in [-0.1, -0.05) is 6.07 Å². The van der Waals surface area contributed by atoms with Crippen LogP contribution in [-0.4, -0.2) is 72.5 Å². The molecular formula is C19H23FN4O4. The minimum absolute atomic E-state index is 0.195. The van der Waals surface area contributed by atoms with Crippen molar-refractivity contribution in [3.05, 3.63) is 47.9 Å². The minimum Gasteiger partial charge on any atom is -0.492 e. The maximum atomic E-state index is 13.1. The average Bonchev–Trinajstić information content (AvgIpc) is 3.11. The van der Waals surface area contributed by atoms with Crippen molar-refractivity contribution >= 4 is 11.8 Å². The van der Waals surface area contributed by atoms with E-state index in [4.69, 9.17) is 9.15 Å². The van der Waals surface area contributed by atoms with E-state index in [1.165, 1.54) is 18.4 Å². The molecule has 1 aliphatic rings. The average molecular weight is 390 g/mol. The fourth-order valence-electron chi connectivity index (χ4n) is 2.98. The van der Waals surface area contributed by atoms with Crippen molar-refractivity contribution in [3.8, 4) is 5.75 Å². The van der Waals surface area contributed by atoms with Crippen molar-refractivity contribution in [1.29, 1.82) is 0 Å². The van der Waals surface area contributed by atoms with Crippen LogP contribution in [0.4, 0.5) is 4.39 Å². The summed E-state index contributed by atoms with van der Waals surface area (Å²) in [5.41, 5.74) is 0.240. The summed E-state index contributed by atoms with van der Waals surface area (Å²) >= 11 is 0. The van der Waals surface area contributed by atoms with Crippen LogP contribution in [0.15, 0.2) is 34.9 Å². The van der Waals surface area contributed by atoms with E-state index < -0.39 is 6.04 Å². The van der Waals surface area contributed by atoms with Crippen molar-refractivity contribution in [3.63, 3.8) is 0 Å². The smallest absolute Gasteiger partial charge is 0.275 e. The molecule has 9 heteroatoms. The first kappa shape index (κ1) is 19.8. The number of halogens is 1. The molecule has 2 heterocycles. The van der Waals surface area contributed by atoms with Gasteiger partial charge in [0.15, 0.2) is 11.6 Å². The van der Waals surface area contributed by atoms with Gasteiger partial charge in [0.05, 0.1) is 6.54 Å². The summed E-state index contributed by atoms with van der Waals surface area (Å²) in [4.78, 5) is 32.6. The molecule has 3 rings (SSSR count). The second kappa shape index (κ2) is 8.83. The number of likely N-dealkylation sites (N-methyl/N-ethyl adjacent to an activating group) is 1. The summed E-state index contributed by atoms with van der Waals surface area (Å²) in [7, 11) is 1.84. The number of nitrogens with zero attached hydrogens (tertiary/aromatic N) is 3. The number of ether oxygens (including phenoxy) is 1. The van der Waals surface area contributed by atoms with E-state index in [9.17, 15) is 14.0 Å². The Morgan fingerprint density at radius 3 is 2.93 bits per heavy atom. The Balaban J connectivity index is 1.49. The van der Waals surface area contributed by atoms with Gasteiger partial charge >= 0.3 is 0 Å². The van der Waals surface area contributed by atoms with E-state index in [1.807, 2.05) is 11.9 Å². The molecule has 1 aliphatic heterocycles. The van der Waals surface area contributed by atoms with Crippen LogP contribution in [0.5, 0.6) is 5.75 Å². The van der Waals surface area contributed by atoms with Gasteiger partial charge in [0.2, 0.25) is 5.91 Å². The number of carbonyl (C=O) groups is 2. The molecule has 1 saturated heterocycles. The number of benzene rings is 1. The fourth-order valence-corrected chi connectivity index (χ4v) is 2.98. The van der Waals surface area contributed by atoms with Gasteiger partial charge in [-0.15, -0.1) is 0 Å². The summed E-state index contributed by atoms with van der Waals surface area (Å²) in [6, 6.07) is 5.35. The van der Waals surface area contributed by atoms with E-state index in [1.54, 1.807) is 24.0 Å². The van der Waals surface area contributed by atoms with Crippen molar-refractivity contribution in [2.45, 2.75) is 13.0 Å². The molecule has 1 unspecified atom stereocenters. The third-order valence-corrected chi connectivity index (χ3v) is 4.54. The number of aromatic nitrogens is 1. The first-order valence-electron chi connectivity index (χ1n) is 9.02. The summed E-state index contributed by atoms with van der Waals surface area (Å²) in [6.07, 6.45) is 1.33. The zero-order chi connectivity index (χ0) is 20.1. The zero-order valence-electron chi connectivity index (χ0n) is 15.9. The topological polar surface area (TPSA) is 87.9 Å². The summed E-state index contributed by atoms with van der Waals surface area (Å²) in [5, 5.41) is 2.80. The Morgan fingerprint density at radius 2 is 2.21 bits per heavy atom. The minimum atomic E-state index is -0.472. The Morgan fingerprint density at radius 1 is 1.39 bits per heavy atom. The van der Waals surface area contributed by atoms with Gasteiger partial charge in [0.25, 0.3) is 5.91 Å². The van der Waals surface area contributed by atoms with Gasteiger partial charge in [0.1, 0.15) is 30.5 Å². The second-order valence-corrected chi connectivity index (χ2v) is 6.60. The van der Waals surface area contributed by atoms with Gasteiger partial charge in [-0.3, -0.25) is 14.5 Å². The van der Waals surface area contributed by atoms with Crippen LogP contribution in [0.3, 0.4) is 0 Å². The van der Waals surface area contributed by atoms with Crippen molar-refractivity contribution in [2.24, 2.45) is 0 Å². The lowest BCUT2D eigenvalue weighted by atomic mass is 10.1. The molecule has 0 spiro atoms. The van der Waals surface area contributed by atoms with Crippen LogP contribution in [0.25, 0.3) is 0 Å². The molecule has 1 fully saturated rings. The predicted octanol–water partition coefficient (Wildman–Crippen LogP) is 1.07. The Hall–Kier alpha value is -2.94. The number of hydrogen-bond donors (Lipinski definition) is 1. The third-order valence-electron chi connectivity index (χ3n) is 4.54. The van der Waals surface area contributed by atoms with Crippen molar-refractivity contribution in [2.75, 3.05) is 39.8 Å². The summed E-state index contributed by atoms with van der Waals surface area (Å²) in [6.45, 7) is 3.50. The first-order chi connectivity index (χ1) is 13.4. The number of aryl methyl sites for hydroxylation is 1. The molecule has 1 aromatic carbocycles. The predicted molar refractivity (Wildman–Crippen MR) is 98.5 cm³/mol. The fraction of sp³-hybridized carbons (Fsp3) is 0.421. The number of oxazole rings is 1. The molecule has 0 saturated carbocycles. The number of rotatable bonds is 6. The molecule has 1 atom stereocenters. The van der Waals surface area contributed by atoms with Gasteiger partial charge in [-0.25, -0.2) is 9.37 Å². The lowest BCUT2D eigenvalue weighted by molar-refractivity contribution is -0.127. The summed E-state index contributed by atoms with van der Waals surface area (Å²) in [5.74, 6) is 0.00238. The molecule has 0 radical (unpaired) electrons. The normalized spacial score (nSPS) is 17.4. The maximum absolute atomic E-state index is 13.1. The Labute approximate surface area is 162 Å². The Kier molecular flexibility index (Phi) is 6.25. The standard InChI is InChI=1S/C19H23FN4O4/c1-13-22-16(12-28-13)19(26)24-8-7-23(2)17(11-24)18(25)21-6-9-27-15-5-3-4-14(20)10-15/h3-5,10,12,17H,6-9,11H2,1-2H3,(H,21,25). The van der Waals surface area contributed by atoms with Crippen molar-refractivity contribution < 1.29 is 23.1 Å². The van der Waals surface area contributed by atoms with Gasteiger partial charge in [-0.05, 0) is 19.2 Å². The van der Waals surface area contributed by atoms with E-state index in [2.05, 4.69) is 10.3 Å². The van der Waals surface area contributed by atoms with E-state index >= 15 is 0 Å². The van der Waals surface area contributed by atoms with Crippen LogP contribution in [0.1, 0.15) is 16.4 Å². The van der Waals surface area contributed by atoms with Crippen molar-refractivity contribution in [1.82, 2.24) is 20.1 Å². The van der Waals surface area contributed by atoms with Crippen LogP contribution in [0.2, 0.25) is 0 Å². The number of piperazine rings is 1. The quantitative estimate of drug-likeness (QED) is 0.743. The SMILES string of the molecule is Cc1nc(C(=O)N2CCN(C)C(C(=O)NCCOc3cccc(F)c3)C2)co1. The van der Waals surface area contributed by atoms with Gasteiger partial charge in [-0.2, -0.15) is 0 Å².